The van der Waals surface area contributed by atoms with Crippen LogP contribution in [0.2, 0.25) is 0 Å². The van der Waals surface area contributed by atoms with Crippen LogP contribution in [0.5, 0.6) is 0 Å². The van der Waals surface area contributed by atoms with E-state index in [1.807, 2.05) is 0 Å². The summed E-state index contributed by atoms with van der Waals surface area (Å²) in [5.74, 6) is -1.86. The quantitative estimate of drug-likeness (QED) is 0.689. The summed E-state index contributed by atoms with van der Waals surface area (Å²) in [5.41, 5.74) is -1.09. The van der Waals surface area contributed by atoms with Gasteiger partial charge in [0.2, 0.25) is 0 Å². The largest absolute Gasteiger partial charge is 0.394 e. The monoisotopic (exact) mass is 218 g/mol. The molecule has 0 amide bonds. The number of hydrogen-bond donors (Lipinski definition) is 3. The smallest absolute Gasteiger partial charge is 0.168 e. The van der Waals surface area contributed by atoms with Gasteiger partial charge in [0, 0.05) is 6.07 Å². The number of aliphatic hydroxyl groups excluding tert-OH is 2. The first-order chi connectivity index (χ1) is 7.00. The second-order valence-corrected chi connectivity index (χ2v) is 3.49. The average molecular weight is 218 g/mol. The van der Waals surface area contributed by atoms with E-state index in [0.29, 0.717) is 6.07 Å². The van der Waals surface area contributed by atoms with E-state index in [9.17, 15) is 8.78 Å². The van der Waals surface area contributed by atoms with Gasteiger partial charge in [-0.3, -0.25) is 0 Å². The Bertz CT molecular complexity index is 343. The second kappa shape index (κ2) is 4.50. The standard InChI is InChI=1S/C9H12F2N2O2/c1-9(4-14,5-15)13-8-7(11)2-6(10)3-12-8/h2-3,14-15H,4-5H2,1H3,(H,12,13). The van der Waals surface area contributed by atoms with E-state index < -0.39 is 30.4 Å². The van der Waals surface area contributed by atoms with Gasteiger partial charge in [-0.25, -0.2) is 13.8 Å². The highest BCUT2D eigenvalue weighted by atomic mass is 19.1. The summed E-state index contributed by atoms with van der Waals surface area (Å²) in [5, 5.41) is 20.4. The van der Waals surface area contributed by atoms with Crippen molar-refractivity contribution >= 4 is 5.82 Å². The Balaban J connectivity index is 2.89. The van der Waals surface area contributed by atoms with E-state index in [0.717, 1.165) is 6.20 Å². The van der Waals surface area contributed by atoms with Gasteiger partial charge in [-0.05, 0) is 6.92 Å². The number of rotatable bonds is 4. The fraction of sp³-hybridized carbons (Fsp3) is 0.444. The summed E-state index contributed by atoms with van der Waals surface area (Å²) < 4.78 is 25.6. The summed E-state index contributed by atoms with van der Waals surface area (Å²) >= 11 is 0. The van der Waals surface area contributed by atoms with Gasteiger partial charge >= 0.3 is 0 Å². The van der Waals surface area contributed by atoms with Crippen LogP contribution in [-0.4, -0.2) is 33.9 Å². The number of halogens is 2. The fourth-order valence-electron chi connectivity index (χ4n) is 0.921. The molecule has 0 aromatic carbocycles. The third kappa shape index (κ3) is 2.84. The lowest BCUT2D eigenvalue weighted by molar-refractivity contribution is 0.147. The zero-order chi connectivity index (χ0) is 11.5. The van der Waals surface area contributed by atoms with Crippen LogP contribution < -0.4 is 5.32 Å². The molecule has 4 nitrogen and oxygen atoms in total. The van der Waals surface area contributed by atoms with Crippen LogP contribution in [-0.2, 0) is 0 Å². The molecule has 0 fully saturated rings. The Morgan fingerprint density at radius 3 is 2.47 bits per heavy atom. The van der Waals surface area contributed by atoms with E-state index in [4.69, 9.17) is 10.2 Å². The van der Waals surface area contributed by atoms with Crippen LogP contribution >= 0.6 is 0 Å². The molecule has 1 rings (SSSR count). The molecule has 1 aromatic rings. The number of hydrogen-bond acceptors (Lipinski definition) is 4. The maximum atomic E-state index is 13.1. The molecule has 6 heteroatoms. The Hall–Kier alpha value is -1.27. The van der Waals surface area contributed by atoms with Gasteiger partial charge in [-0.2, -0.15) is 0 Å². The lowest BCUT2D eigenvalue weighted by Crippen LogP contribution is -2.43. The van der Waals surface area contributed by atoms with Crippen LogP contribution in [0.4, 0.5) is 14.6 Å². The topological polar surface area (TPSA) is 65.4 Å². The van der Waals surface area contributed by atoms with Crippen molar-refractivity contribution in [3.8, 4) is 0 Å². The van der Waals surface area contributed by atoms with Crippen molar-refractivity contribution < 1.29 is 19.0 Å². The Labute approximate surface area is 85.6 Å². The van der Waals surface area contributed by atoms with E-state index in [2.05, 4.69) is 10.3 Å². The van der Waals surface area contributed by atoms with Crippen molar-refractivity contribution in [1.29, 1.82) is 0 Å². The first-order valence-electron chi connectivity index (χ1n) is 4.32. The third-order valence-corrected chi connectivity index (χ3v) is 1.93. The summed E-state index contributed by atoms with van der Waals surface area (Å²) in [7, 11) is 0. The normalized spacial score (nSPS) is 11.5. The molecule has 0 saturated carbocycles. The van der Waals surface area contributed by atoms with Crippen LogP contribution in [0.15, 0.2) is 12.3 Å². The van der Waals surface area contributed by atoms with Gasteiger partial charge in [0.25, 0.3) is 0 Å². The van der Waals surface area contributed by atoms with Crippen molar-refractivity contribution in [2.45, 2.75) is 12.5 Å². The van der Waals surface area contributed by atoms with Crippen molar-refractivity contribution in [3.63, 3.8) is 0 Å². The molecule has 0 spiro atoms. The molecule has 1 heterocycles. The molecule has 1 aromatic heterocycles. The van der Waals surface area contributed by atoms with Gasteiger partial charge in [0.15, 0.2) is 11.6 Å². The lowest BCUT2D eigenvalue weighted by atomic mass is 10.1. The lowest BCUT2D eigenvalue weighted by Gasteiger charge is -2.26. The minimum absolute atomic E-state index is 0.206. The highest BCUT2D eigenvalue weighted by Crippen LogP contribution is 2.16. The molecule has 0 aliphatic heterocycles. The number of aromatic nitrogens is 1. The highest BCUT2D eigenvalue weighted by Gasteiger charge is 2.23. The minimum atomic E-state index is -1.09. The van der Waals surface area contributed by atoms with Crippen LogP contribution in [0.1, 0.15) is 6.92 Å². The van der Waals surface area contributed by atoms with Crippen LogP contribution in [0.25, 0.3) is 0 Å². The van der Waals surface area contributed by atoms with E-state index in [1.165, 1.54) is 6.92 Å². The predicted molar refractivity (Wildman–Crippen MR) is 50.4 cm³/mol. The summed E-state index contributed by atoms with van der Waals surface area (Å²) in [6, 6.07) is 0.671. The third-order valence-electron chi connectivity index (χ3n) is 1.93. The molecule has 84 valence electrons. The SMILES string of the molecule is CC(CO)(CO)Nc1ncc(F)cc1F. The molecular formula is C9H12F2N2O2. The van der Waals surface area contributed by atoms with Crippen LogP contribution in [0.3, 0.4) is 0 Å². The van der Waals surface area contributed by atoms with Crippen molar-refractivity contribution in [1.82, 2.24) is 4.98 Å². The van der Waals surface area contributed by atoms with Crippen molar-refractivity contribution in [2.24, 2.45) is 0 Å². The van der Waals surface area contributed by atoms with Crippen molar-refractivity contribution in [3.05, 3.63) is 23.9 Å². The van der Waals surface area contributed by atoms with E-state index in [1.54, 1.807) is 0 Å². The van der Waals surface area contributed by atoms with Crippen molar-refractivity contribution in [2.75, 3.05) is 18.5 Å². The minimum Gasteiger partial charge on any atom is -0.394 e. The van der Waals surface area contributed by atoms with Gasteiger partial charge < -0.3 is 15.5 Å². The number of pyridine rings is 1. The molecule has 0 aliphatic rings. The zero-order valence-corrected chi connectivity index (χ0v) is 8.17. The fourth-order valence-corrected chi connectivity index (χ4v) is 0.921. The van der Waals surface area contributed by atoms with E-state index >= 15 is 0 Å². The molecular weight excluding hydrogens is 206 g/mol. The van der Waals surface area contributed by atoms with Gasteiger partial charge in [0.05, 0.1) is 24.9 Å². The number of anilines is 1. The average Bonchev–Trinajstić information content (AvgIpc) is 2.22. The first-order valence-corrected chi connectivity index (χ1v) is 4.32. The Morgan fingerprint density at radius 1 is 1.40 bits per heavy atom. The molecule has 0 bridgehead atoms. The molecule has 3 N–H and O–H groups in total. The molecule has 0 aliphatic carbocycles. The van der Waals surface area contributed by atoms with Gasteiger partial charge in [-0.1, -0.05) is 0 Å². The molecule has 0 saturated heterocycles. The molecule has 15 heavy (non-hydrogen) atoms. The second-order valence-electron chi connectivity index (χ2n) is 3.49. The summed E-state index contributed by atoms with van der Waals surface area (Å²) in [6.07, 6.45) is 0.848. The Kier molecular flexibility index (Phi) is 3.54. The zero-order valence-electron chi connectivity index (χ0n) is 8.17. The Morgan fingerprint density at radius 2 is 2.00 bits per heavy atom. The van der Waals surface area contributed by atoms with E-state index in [-0.39, 0.29) is 5.82 Å². The maximum Gasteiger partial charge on any atom is 0.168 e. The van der Waals surface area contributed by atoms with Gasteiger partial charge in [0.1, 0.15) is 5.82 Å². The number of aliphatic hydroxyl groups is 2. The van der Waals surface area contributed by atoms with Gasteiger partial charge in [-0.15, -0.1) is 0 Å². The number of nitrogens with one attached hydrogen (secondary N) is 1. The number of nitrogens with zero attached hydrogens (tertiary/aromatic N) is 1. The van der Waals surface area contributed by atoms with Crippen LogP contribution in [0, 0.1) is 11.6 Å². The first kappa shape index (κ1) is 11.8. The molecule has 0 atom stereocenters. The summed E-state index contributed by atoms with van der Waals surface area (Å²) in [4.78, 5) is 3.48. The summed E-state index contributed by atoms with van der Waals surface area (Å²) in [6.45, 7) is 0.682. The highest BCUT2D eigenvalue weighted by molar-refractivity contribution is 5.39. The predicted octanol–water partition coefficient (Wildman–Crippen LogP) is 0.515. The molecule has 0 unspecified atom stereocenters. The maximum absolute atomic E-state index is 13.1. The molecule has 0 radical (unpaired) electrons.